The first-order valence-electron chi connectivity index (χ1n) is 7.17. The van der Waals surface area contributed by atoms with Gasteiger partial charge in [-0.05, 0) is 53.6 Å². The molecule has 1 aliphatic rings. The first-order chi connectivity index (χ1) is 9.67. The lowest BCUT2D eigenvalue weighted by atomic mass is 10.0. The van der Waals surface area contributed by atoms with Crippen LogP contribution in [0.4, 0.5) is 0 Å². The maximum atomic E-state index is 10.5. The van der Waals surface area contributed by atoms with E-state index in [1.165, 1.54) is 0 Å². The molecule has 0 spiro atoms. The van der Waals surface area contributed by atoms with Crippen LogP contribution in [0.15, 0.2) is 23.8 Å². The van der Waals surface area contributed by atoms with E-state index < -0.39 is 6.29 Å². The second-order valence-corrected chi connectivity index (χ2v) is 6.18. The van der Waals surface area contributed by atoms with E-state index in [0.29, 0.717) is 18.1 Å². The zero-order valence-corrected chi connectivity index (χ0v) is 14.1. The lowest BCUT2D eigenvalue weighted by molar-refractivity contribution is -0.0598. The van der Waals surface area contributed by atoms with Crippen LogP contribution >= 0.6 is 22.6 Å². The molecule has 2 rings (SSSR count). The first-order valence-corrected chi connectivity index (χ1v) is 8.25. The smallest absolute Gasteiger partial charge is 0.226 e. The van der Waals surface area contributed by atoms with E-state index in [0.717, 1.165) is 40.4 Å². The Morgan fingerprint density at radius 2 is 2.10 bits per heavy atom. The van der Waals surface area contributed by atoms with Crippen molar-refractivity contribution in [3.63, 3.8) is 0 Å². The predicted molar refractivity (Wildman–Crippen MR) is 88.9 cm³/mol. The molecule has 0 fully saturated rings. The number of unbranched alkanes of at least 4 members (excludes halogenated alkanes) is 1. The molecule has 1 heterocycles. The Kier molecular flexibility index (Phi) is 5.72. The summed E-state index contributed by atoms with van der Waals surface area (Å²) in [5.74, 6) is 1.03. The highest BCUT2D eigenvalue weighted by Crippen LogP contribution is 2.37. The number of rotatable bonds is 6. The Bertz CT molecular complexity index is 496. The number of aliphatic hydroxyl groups is 1. The lowest BCUT2D eigenvalue weighted by Gasteiger charge is -2.29. The molecular weight excluding hydrogens is 367 g/mol. The van der Waals surface area contributed by atoms with Gasteiger partial charge in [-0.2, -0.15) is 0 Å². The summed E-state index contributed by atoms with van der Waals surface area (Å²) in [6.45, 7) is 4.87. The fourth-order valence-corrected chi connectivity index (χ4v) is 2.73. The van der Waals surface area contributed by atoms with Crippen molar-refractivity contribution >= 4 is 28.4 Å². The van der Waals surface area contributed by atoms with Gasteiger partial charge in [0.25, 0.3) is 0 Å². The van der Waals surface area contributed by atoms with Gasteiger partial charge >= 0.3 is 0 Å². The van der Waals surface area contributed by atoms with Gasteiger partial charge in [-0.25, -0.2) is 0 Å². The number of hydrogen-bond acceptors (Lipinski definition) is 3. The molecule has 1 aromatic carbocycles. The van der Waals surface area contributed by atoms with Gasteiger partial charge in [0, 0.05) is 9.14 Å². The fraction of sp³-hybridized carbons (Fsp3) is 0.500. The molecule has 0 aliphatic carbocycles. The van der Waals surface area contributed by atoms with Gasteiger partial charge in [-0.15, -0.1) is 0 Å². The molecule has 0 saturated heterocycles. The fourth-order valence-electron chi connectivity index (χ4n) is 2.24. The van der Waals surface area contributed by atoms with Gasteiger partial charge in [0.2, 0.25) is 6.29 Å². The molecule has 1 atom stereocenters. The third kappa shape index (κ3) is 3.47. The predicted octanol–water partition coefficient (Wildman–Crippen LogP) is 4.90. The maximum absolute atomic E-state index is 10.5. The van der Waals surface area contributed by atoms with Crippen molar-refractivity contribution in [2.75, 3.05) is 6.61 Å². The Labute approximate surface area is 134 Å². The molecule has 1 aromatic rings. The van der Waals surface area contributed by atoms with Crippen LogP contribution in [0.5, 0.6) is 5.75 Å². The quantitative estimate of drug-likeness (QED) is 0.557. The Morgan fingerprint density at radius 3 is 2.80 bits per heavy atom. The molecule has 0 aromatic heterocycles. The summed E-state index contributed by atoms with van der Waals surface area (Å²) in [6, 6.07) is 5.82. The van der Waals surface area contributed by atoms with Crippen molar-refractivity contribution in [1.82, 2.24) is 0 Å². The lowest BCUT2D eigenvalue weighted by Crippen LogP contribution is -2.28. The molecule has 1 N–H and O–H groups in total. The topological polar surface area (TPSA) is 38.7 Å². The van der Waals surface area contributed by atoms with E-state index in [2.05, 4.69) is 36.4 Å². The molecule has 1 aliphatic heterocycles. The van der Waals surface area contributed by atoms with Gasteiger partial charge in [0.05, 0.1) is 12.2 Å². The molecule has 3 nitrogen and oxygen atoms in total. The number of benzene rings is 1. The van der Waals surface area contributed by atoms with E-state index >= 15 is 0 Å². The summed E-state index contributed by atoms with van der Waals surface area (Å²) in [7, 11) is 0. The highest BCUT2D eigenvalue weighted by molar-refractivity contribution is 14.1. The van der Waals surface area contributed by atoms with Crippen LogP contribution in [-0.4, -0.2) is 18.0 Å². The molecule has 0 amide bonds. The number of ether oxygens (including phenoxy) is 2. The highest BCUT2D eigenvalue weighted by atomic mass is 127. The van der Waals surface area contributed by atoms with Crippen LogP contribution in [0, 0.1) is 3.57 Å². The molecule has 1 unspecified atom stereocenters. The van der Waals surface area contributed by atoms with E-state index in [1.54, 1.807) is 0 Å². The summed E-state index contributed by atoms with van der Waals surface area (Å²) >= 11 is 2.24. The molecule has 110 valence electrons. The molecule has 20 heavy (non-hydrogen) atoms. The van der Waals surface area contributed by atoms with Crippen LogP contribution in [0.1, 0.15) is 45.1 Å². The summed E-state index contributed by atoms with van der Waals surface area (Å²) in [5.41, 5.74) is 1.63. The zero-order chi connectivity index (χ0) is 14.5. The average molecular weight is 388 g/mol. The normalized spacial score (nSPS) is 17.9. The first kappa shape index (κ1) is 15.6. The van der Waals surface area contributed by atoms with Crippen LogP contribution < -0.4 is 4.74 Å². The Balaban J connectivity index is 2.28. The van der Waals surface area contributed by atoms with Crippen molar-refractivity contribution in [1.29, 1.82) is 0 Å². The average Bonchev–Trinajstić information content (AvgIpc) is 2.44. The van der Waals surface area contributed by atoms with Crippen molar-refractivity contribution in [3.05, 3.63) is 32.9 Å². The van der Waals surface area contributed by atoms with Gasteiger partial charge in [-0.3, -0.25) is 0 Å². The van der Waals surface area contributed by atoms with Gasteiger partial charge < -0.3 is 14.6 Å². The van der Waals surface area contributed by atoms with Crippen molar-refractivity contribution < 1.29 is 14.6 Å². The van der Waals surface area contributed by atoms with Crippen LogP contribution in [0.2, 0.25) is 0 Å². The third-order valence-electron chi connectivity index (χ3n) is 3.31. The van der Waals surface area contributed by atoms with Crippen molar-refractivity contribution in [2.24, 2.45) is 0 Å². The number of fused-ring (bicyclic) bond motifs is 1. The minimum Gasteiger partial charge on any atom is -0.507 e. The minimum absolute atomic E-state index is 0.327. The van der Waals surface area contributed by atoms with Gasteiger partial charge in [-0.1, -0.05) is 26.7 Å². The monoisotopic (exact) mass is 388 g/mol. The maximum Gasteiger partial charge on any atom is 0.226 e. The van der Waals surface area contributed by atoms with E-state index in [4.69, 9.17) is 9.47 Å². The Hall–Kier alpha value is -0.750. The summed E-state index contributed by atoms with van der Waals surface area (Å²) in [5, 5.41) is 10.5. The zero-order valence-electron chi connectivity index (χ0n) is 12.0. The highest BCUT2D eigenvalue weighted by Gasteiger charge is 2.28. The third-order valence-corrected chi connectivity index (χ3v) is 3.98. The molecule has 0 saturated carbocycles. The summed E-state index contributed by atoms with van der Waals surface area (Å²) < 4.78 is 12.8. The molecule has 4 heteroatoms. The standard InChI is InChI=1S/C16H21IO3/c1-3-5-9-19-16-12(6-4-2)15(18)13-10-11(17)7-8-14(13)20-16/h7-8,10,16,18H,3-6,9H2,1-2H3. The summed E-state index contributed by atoms with van der Waals surface area (Å²) in [6.07, 6.45) is 3.37. The number of aliphatic hydroxyl groups excluding tert-OH is 1. The van der Waals surface area contributed by atoms with Crippen LogP contribution in [0.3, 0.4) is 0 Å². The largest absolute Gasteiger partial charge is 0.507 e. The van der Waals surface area contributed by atoms with E-state index in [9.17, 15) is 5.11 Å². The molecule has 0 bridgehead atoms. The Morgan fingerprint density at radius 1 is 1.30 bits per heavy atom. The second kappa shape index (κ2) is 7.31. The number of halogens is 1. The second-order valence-electron chi connectivity index (χ2n) is 4.94. The summed E-state index contributed by atoms with van der Waals surface area (Å²) in [4.78, 5) is 0. The van der Waals surface area contributed by atoms with Gasteiger partial charge in [0.15, 0.2) is 0 Å². The van der Waals surface area contributed by atoms with Gasteiger partial charge in [0.1, 0.15) is 11.5 Å². The minimum atomic E-state index is -0.450. The van der Waals surface area contributed by atoms with Crippen LogP contribution in [-0.2, 0) is 4.74 Å². The van der Waals surface area contributed by atoms with Crippen molar-refractivity contribution in [3.8, 4) is 5.75 Å². The van der Waals surface area contributed by atoms with Crippen molar-refractivity contribution in [2.45, 2.75) is 45.8 Å². The van der Waals surface area contributed by atoms with E-state index in [-0.39, 0.29) is 0 Å². The van der Waals surface area contributed by atoms with E-state index in [1.807, 2.05) is 18.2 Å². The number of hydrogen-bond donors (Lipinski definition) is 1. The SMILES string of the molecule is CCCCOC1Oc2ccc(I)cc2C(O)=C1CCC. The van der Waals surface area contributed by atoms with Crippen LogP contribution in [0.25, 0.3) is 5.76 Å². The molecular formula is C16H21IO3. The molecule has 0 radical (unpaired) electrons.